The van der Waals surface area contributed by atoms with Crippen LogP contribution in [0.3, 0.4) is 0 Å². The summed E-state index contributed by atoms with van der Waals surface area (Å²) in [5.74, 6) is 1.49. The van der Waals surface area contributed by atoms with Crippen molar-refractivity contribution < 1.29 is 9.47 Å². The van der Waals surface area contributed by atoms with Crippen molar-refractivity contribution in [2.24, 2.45) is 0 Å². The molecule has 3 aromatic carbocycles. The van der Waals surface area contributed by atoms with E-state index >= 15 is 0 Å². The van der Waals surface area contributed by atoms with Gasteiger partial charge in [0.1, 0.15) is 11.5 Å². The highest BCUT2D eigenvalue weighted by molar-refractivity contribution is 5.96. The van der Waals surface area contributed by atoms with Crippen molar-refractivity contribution >= 4 is 10.9 Å². The number of hydrogen-bond acceptors (Lipinski definition) is 3. The van der Waals surface area contributed by atoms with Crippen molar-refractivity contribution in [2.75, 3.05) is 14.2 Å². The van der Waals surface area contributed by atoms with Gasteiger partial charge in [0.25, 0.3) is 0 Å². The average molecular weight is 341 g/mol. The van der Waals surface area contributed by atoms with Crippen LogP contribution in [0.2, 0.25) is 0 Å². The van der Waals surface area contributed by atoms with Gasteiger partial charge in [-0.1, -0.05) is 48.5 Å². The third-order valence-electron chi connectivity index (χ3n) is 4.45. The van der Waals surface area contributed by atoms with Crippen molar-refractivity contribution in [3.05, 3.63) is 78.9 Å². The summed E-state index contributed by atoms with van der Waals surface area (Å²) in [6, 6.07) is 26.6. The van der Waals surface area contributed by atoms with E-state index in [4.69, 9.17) is 14.5 Å². The molecule has 0 atom stereocenters. The van der Waals surface area contributed by atoms with Gasteiger partial charge >= 0.3 is 0 Å². The number of benzene rings is 3. The second-order valence-corrected chi connectivity index (χ2v) is 6.04. The number of nitrogens with zero attached hydrogens (tertiary/aromatic N) is 1. The quantitative estimate of drug-likeness (QED) is 0.485. The van der Waals surface area contributed by atoms with E-state index in [0.29, 0.717) is 0 Å². The molecule has 0 N–H and O–H groups in total. The Morgan fingerprint density at radius 1 is 0.654 bits per heavy atom. The van der Waals surface area contributed by atoms with Crippen molar-refractivity contribution in [1.29, 1.82) is 0 Å². The van der Waals surface area contributed by atoms with Gasteiger partial charge in [-0.15, -0.1) is 0 Å². The van der Waals surface area contributed by atoms with Gasteiger partial charge in [-0.3, -0.25) is 0 Å². The number of rotatable bonds is 4. The molecule has 0 amide bonds. The molecule has 128 valence electrons. The lowest BCUT2D eigenvalue weighted by Crippen LogP contribution is -1.92. The Morgan fingerprint density at radius 2 is 1.31 bits per heavy atom. The molecule has 1 aromatic heterocycles. The number of para-hydroxylation sites is 1. The van der Waals surface area contributed by atoms with Crippen LogP contribution < -0.4 is 9.47 Å². The summed E-state index contributed by atoms with van der Waals surface area (Å²) in [5, 5.41) is 1.14. The number of fused-ring (bicyclic) bond motifs is 1. The molecule has 0 aliphatic heterocycles. The van der Waals surface area contributed by atoms with Crippen LogP contribution in [0.4, 0.5) is 0 Å². The predicted molar refractivity (Wildman–Crippen MR) is 106 cm³/mol. The highest BCUT2D eigenvalue weighted by Crippen LogP contribution is 2.34. The third kappa shape index (κ3) is 3.00. The monoisotopic (exact) mass is 341 g/mol. The number of ether oxygens (including phenoxy) is 2. The van der Waals surface area contributed by atoms with E-state index in [1.54, 1.807) is 14.2 Å². The van der Waals surface area contributed by atoms with E-state index < -0.39 is 0 Å². The van der Waals surface area contributed by atoms with Crippen molar-refractivity contribution in [1.82, 2.24) is 4.98 Å². The van der Waals surface area contributed by atoms with E-state index in [0.717, 1.165) is 39.2 Å². The normalized spacial score (nSPS) is 10.7. The summed E-state index contributed by atoms with van der Waals surface area (Å²) in [4.78, 5) is 4.87. The van der Waals surface area contributed by atoms with Crippen LogP contribution in [0.1, 0.15) is 0 Å². The number of hydrogen-bond donors (Lipinski definition) is 0. The zero-order valence-electron chi connectivity index (χ0n) is 14.8. The summed E-state index contributed by atoms with van der Waals surface area (Å²) >= 11 is 0. The van der Waals surface area contributed by atoms with Crippen LogP contribution in [0.25, 0.3) is 33.3 Å². The summed E-state index contributed by atoms with van der Waals surface area (Å²) < 4.78 is 10.8. The maximum absolute atomic E-state index is 5.41. The molecule has 0 spiro atoms. The standard InChI is InChI=1S/C23H19NO2/c1-25-18-12-17(13-19(14-18)26-2)23-15-21(16-8-4-3-5-9-16)20-10-6-7-11-22(20)24-23/h3-15H,1-2H3. The fourth-order valence-electron chi connectivity index (χ4n) is 3.14. The summed E-state index contributed by atoms with van der Waals surface area (Å²) in [6.45, 7) is 0. The molecule has 0 saturated heterocycles. The SMILES string of the molecule is COc1cc(OC)cc(-c2cc(-c3ccccc3)c3ccccc3n2)c1. The fraction of sp³-hybridized carbons (Fsp3) is 0.0870. The lowest BCUT2D eigenvalue weighted by atomic mass is 9.98. The average Bonchev–Trinajstić information content (AvgIpc) is 2.73. The highest BCUT2D eigenvalue weighted by Gasteiger charge is 2.11. The smallest absolute Gasteiger partial charge is 0.123 e. The number of pyridine rings is 1. The Bertz CT molecular complexity index is 1040. The molecule has 0 radical (unpaired) electrons. The summed E-state index contributed by atoms with van der Waals surface area (Å²) in [6.07, 6.45) is 0. The first kappa shape index (κ1) is 16.2. The summed E-state index contributed by atoms with van der Waals surface area (Å²) in [5.41, 5.74) is 5.14. The second kappa shape index (κ2) is 6.89. The van der Waals surface area contributed by atoms with E-state index in [1.165, 1.54) is 5.56 Å². The summed E-state index contributed by atoms with van der Waals surface area (Å²) in [7, 11) is 3.31. The highest BCUT2D eigenvalue weighted by atomic mass is 16.5. The van der Waals surface area contributed by atoms with Crippen LogP contribution in [-0.4, -0.2) is 19.2 Å². The van der Waals surface area contributed by atoms with Gasteiger partial charge in [-0.25, -0.2) is 4.98 Å². The first-order valence-corrected chi connectivity index (χ1v) is 8.47. The molecule has 0 aliphatic rings. The molecule has 0 bridgehead atoms. The van der Waals surface area contributed by atoms with Crippen molar-refractivity contribution in [2.45, 2.75) is 0 Å². The molecule has 3 nitrogen and oxygen atoms in total. The topological polar surface area (TPSA) is 31.4 Å². The van der Waals surface area contributed by atoms with Gasteiger partial charge in [0.2, 0.25) is 0 Å². The molecule has 0 aliphatic carbocycles. The minimum atomic E-state index is 0.746. The second-order valence-electron chi connectivity index (χ2n) is 6.04. The lowest BCUT2D eigenvalue weighted by molar-refractivity contribution is 0.394. The van der Waals surface area contributed by atoms with Crippen molar-refractivity contribution in [3.63, 3.8) is 0 Å². The zero-order valence-corrected chi connectivity index (χ0v) is 14.8. The third-order valence-corrected chi connectivity index (χ3v) is 4.45. The predicted octanol–water partition coefficient (Wildman–Crippen LogP) is 5.59. The van der Waals surface area contributed by atoms with Gasteiger partial charge in [0.15, 0.2) is 0 Å². The van der Waals surface area contributed by atoms with Gasteiger partial charge in [0.05, 0.1) is 25.4 Å². The molecule has 1 heterocycles. The largest absolute Gasteiger partial charge is 0.497 e. The van der Waals surface area contributed by atoms with E-state index in [9.17, 15) is 0 Å². The number of methoxy groups -OCH3 is 2. The molecule has 4 aromatic rings. The van der Waals surface area contributed by atoms with Gasteiger partial charge in [-0.2, -0.15) is 0 Å². The fourth-order valence-corrected chi connectivity index (χ4v) is 3.14. The van der Waals surface area contributed by atoms with E-state index in [1.807, 2.05) is 42.5 Å². The van der Waals surface area contributed by atoms with Crippen molar-refractivity contribution in [3.8, 4) is 33.9 Å². The first-order chi connectivity index (χ1) is 12.8. The van der Waals surface area contributed by atoms with Crippen LogP contribution in [-0.2, 0) is 0 Å². The molecule has 0 saturated carbocycles. The Balaban J connectivity index is 1.97. The molecule has 0 unspecified atom stereocenters. The Labute approximate surface area is 152 Å². The van der Waals surface area contributed by atoms with Gasteiger partial charge < -0.3 is 9.47 Å². The van der Waals surface area contributed by atoms with Crippen LogP contribution in [0.5, 0.6) is 11.5 Å². The maximum Gasteiger partial charge on any atom is 0.123 e. The van der Waals surface area contributed by atoms with Crippen LogP contribution >= 0.6 is 0 Å². The Hall–Kier alpha value is -3.33. The van der Waals surface area contributed by atoms with Crippen LogP contribution in [0.15, 0.2) is 78.9 Å². The Kier molecular flexibility index (Phi) is 4.28. The first-order valence-electron chi connectivity index (χ1n) is 8.47. The Morgan fingerprint density at radius 3 is 2.00 bits per heavy atom. The maximum atomic E-state index is 5.41. The minimum Gasteiger partial charge on any atom is -0.497 e. The van der Waals surface area contributed by atoms with Gasteiger partial charge in [0, 0.05) is 17.0 Å². The van der Waals surface area contributed by atoms with Gasteiger partial charge in [-0.05, 0) is 35.4 Å². The van der Waals surface area contributed by atoms with E-state index in [2.05, 4.69) is 36.4 Å². The minimum absolute atomic E-state index is 0.746. The molecule has 26 heavy (non-hydrogen) atoms. The molecular formula is C23H19NO2. The lowest BCUT2D eigenvalue weighted by Gasteiger charge is -2.12. The molecule has 0 fully saturated rings. The molecular weight excluding hydrogens is 322 g/mol. The zero-order chi connectivity index (χ0) is 17.9. The molecule has 4 rings (SSSR count). The van der Waals surface area contributed by atoms with E-state index in [-0.39, 0.29) is 0 Å². The molecule has 3 heteroatoms. The van der Waals surface area contributed by atoms with Crippen LogP contribution in [0, 0.1) is 0 Å². The number of aromatic nitrogens is 1.